The number of amides is 3. The number of anilines is 2. The van der Waals surface area contributed by atoms with E-state index in [9.17, 15) is 27.4 Å². The summed E-state index contributed by atoms with van der Waals surface area (Å²) in [4.78, 5) is 39.2. The number of carbonyl (C=O) groups is 3. The van der Waals surface area contributed by atoms with Crippen molar-refractivity contribution in [3.8, 4) is 0 Å². The first-order valence-electron chi connectivity index (χ1n) is 11.0. The molecule has 7 nitrogen and oxygen atoms in total. The predicted octanol–water partition coefficient (Wildman–Crippen LogP) is 3.13. The maximum Gasteiger partial charge on any atom is 0.243 e. The summed E-state index contributed by atoms with van der Waals surface area (Å²) in [6, 6.07) is 9.37. The third-order valence-corrected chi connectivity index (χ3v) is 6.68. The second-order valence-corrected chi connectivity index (χ2v) is 9.65. The minimum Gasteiger partial charge on any atom is -0.352 e. The van der Waals surface area contributed by atoms with Gasteiger partial charge in [0.15, 0.2) is 0 Å². The average molecular weight is 492 g/mol. The molecule has 10 heteroatoms. The number of carbonyl (C=O) groups excluding carboxylic acids is 3. The van der Waals surface area contributed by atoms with E-state index in [1.165, 1.54) is 49.4 Å². The number of benzene rings is 2. The van der Waals surface area contributed by atoms with E-state index in [4.69, 9.17) is 0 Å². The van der Waals surface area contributed by atoms with Crippen LogP contribution >= 0.6 is 0 Å². The SMILES string of the molecule is C[C@@H](C(=O)NC1CCCC1)N(C(=O)C[S@](=O)CC(=O)Nc1ccc(F)cc1)c1cccc(F)c1. The monoisotopic (exact) mass is 491 g/mol. The second-order valence-electron chi connectivity index (χ2n) is 8.19. The van der Waals surface area contributed by atoms with Crippen molar-refractivity contribution in [1.29, 1.82) is 0 Å². The zero-order valence-electron chi connectivity index (χ0n) is 18.8. The van der Waals surface area contributed by atoms with Crippen molar-refractivity contribution < 1.29 is 27.4 Å². The Morgan fingerprint density at radius 1 is 1.03 bits per heavy atom. The summed E-state index contributed by atoms with van der Waals surface area (Å²) in [5.41, 5.74) is 0.486. The van der Waals surface area contributed by atoms with Gasteiger partial charge in [0.2, 0.25) is 17.7 Å². The Kier molecular flexibility index (Phi) is 8.86. The number of nitrogens with zero attached hydrogens (tertiary/aromatic N) is 1. The highest BCUT2D eigenvalue weighted by Crippen LogP contribution is 2.21. The number of hydrogen-bond acceptors (Lipinski definition) is 4. The first-order valence-corrected chi connectivity index (χ1v) is 12.5. The van der Waals surface area contributed by atoms with E-state index in [1.54, 1.807) is 0 Å². The lowest BCUT2D eigenvalue weighted by Gasteiger charge is -2.29. The van der Waals surface area contributed by atoms with Crippen molar-refractivity contribution in [3.63, 3.8) is 0 Å². The van der Waals surface area contributed by atoms with Gasteiger partial charge in [0.25, 0.3) is 0 Å². The van der Waals surface area contributed by atoms with E-state index < -0.39 is 51.8 Å². The van der Waals surface area contributed by atoms with Gasteiger partial charge in [-0.3, -0.25) is 23.5 Å². The van der Waals surface area contributed by atoms with E-state index in [0.717, 1.165) is 36.6 Å². The molecule has 1 saturated carbocycles. The van der Waals surface area contributed by atoms with Crippen molar-refractivity contribution in [2.75, 3.05) is 21.7 Å². The third-order valence-electron chi connectivity index (χ3n) is 5.53. The Morgan fingerprint density at radius 2 is 1.71 bits per heavy atom. The molecule has 34 heavy (non-hydrogen) atoms. The Bertz CT molecular complexity index is 1060. The molecule has 1 aliphatic rings. The van der Waals surface area contributed by atoms with E-state index in [0.29, 0.717) is 5.69 Å². The number of rotatable bonds is 9. The lowest BCUT2D eigenvalue weighted by molar-refractivity contribution is -0.125. The number of nitrogens with one attached hydrogen (secondary N) is 2. The summed E-state index contributed by atoms with van der Waals surface area (Å²) in [6.07, 6.45) is 3.76. The van der Waals surface area contributed by atoms with Gasteiger partial charge in [-0.15, -0.1) is 0 Å². The van der Waals surface area contributed by atoms with Crippen LogP contribution in [0.4, 0.5) is 20.2 Å². The first kappa shape index (κ1) is 25.5. The zero-order valence-corrected chi connectivity index (χ0v) is 19.6. The largest absolute Gasteiger partial charge is 0.352 e. The first-order chi connectivity index (χ1) is 16.2. The fraction of sp³-hybridized carbons (Fsp3) is 0.375. The van der Waals surface area contributed by atoms with Crippen LogP contribution < -0.4 is 15.5 Å². The van der Waals surface area contributed by atoms with E-state index in [-0.39, 0.29) is 17.6 Å². The molecule has 0 spiro atoms. The lowest BCUT2D eigenvalue weighted by atomic mass is 10.1. The third kappa shape index (κ3) is 7.18. The molecule has 3 amide bonds. The predicted molar refractivity (Wildman–Crippen MR) is 127 cm³/mol. The van der Waals surface area contributed by atoms with Crippen LogP contribution in [0, 0.1) is 11.6 Å². The van der Waals surface area contributed by atoms with Crippen molar-refractivity contribution in [3.05, 3.63) is 60.2 Å². The Balaban J connectivity index is 1.67. The Morgan fingerprint density at radius 3 is 2.35 bits per heavy atom. The molecule has 182 valence electrons. The summed E-state index contributed by atoms with van der Waals surface area (Å²) in [6.45, 7) is 1.53. The number of hydrogen-bond donors (Lipinski definition) is 2. The maximum atomic E-state index is 13.9. The van der Waals surface area contributed by atoms with Crippen molar-refractivity contribution >= 4 is 39.9 Å². The molecule has 1 fully saturated rings. The fourth-order valence-electron chi connectivity index (χ4n) is 3.85. The van der Waals surface area contributed by atoms with Crippen LogP contribution in [0.2, 0.25) is 0 Å². The summed E-state index contributed by atoms with van der Waals surface area (Å²) in [5.74, 6) is -3.72. The molecule has 0 saturated heterocycles. The van der Waals surface area contributed by atoms with Crippen LogP contribution in [0.5, 0.6) is 0 Å². The van der Waals surface area contributed by atoms with Crippen LogP contribution in [0.15, 0.2) is 48.5 Å². The van der Waals surface area contributed by atoms with Gasteiger partial charge in [0.05, 0.1) is 0 Å². The van der Waals surface area contributed by atoms with Crippen LogP contribution in [0.25, 0.3) is 0 Å². The molecule has 0 unspecified atom stereocenters. The molecule has 3 rings (SSSR count). The number of halogens is 2. The van der Waals surface area contributed by atoms with Gasteiger partial charge >= 0.3 is 0 Å². The summed E-state index contributed by atoms with van der Waals surface area (Å²) < 4.78 is 39.4. The topological polar surface area (TPSA) is 95.6 Å². The molecule has 2 atom stereocenters. The molecular formula is C24H27F2N3O4S. The highest BCUT2D eigenvalue weighted by Gasteiger charge is 2.30. The smallest absolute Gasteiger partial charge is 0.243 e. The second kappa shape index (κ2) is 11.8. The van der Waals surface area contributed by atoms with Crippen LogP contribution in [-0.4, -0.2) is 45.5 Å². The summed E-state index contributed by atoms with van der Waals surface area (Å²) >= 11 is 0. The van der Waals surface area contributed by atoms with E-state index >= 15 is 0 Å². The summed E-state index contributed by atoms with van der Waals surface area (Å²) in [7, 11) is -1.89. The normalized spacial score (nSPS) is 15.4. The van der Waals surface area contributed by atoms with Gasteiger partial charge in [-0.2, -0.15) is 0 Å². The van der Waals surface area contributed by atoms with Crippen LogP contribution in [-0.2, 0) is 25.2 Å². The molecule has 1 aliphatic carbocycles. The quantitative estimate of drug-likeness (QED) is 0.564. The Labute approximate surface area is 199 Å². The molecule has 0 radical (unpaired) electrons. The lowest BCUT2D eigenvalue weighted by Crippen LogP contribution is -2.51. The van der Waals surface area contributed by atoms with Gasteiger partial charge in [0.1, 0.15) is 29.2 Å². The molecule has 2 aromatic carbocycles. The van der Waals surface area contributed by atoms with E-state index in [1.807, 2.05) is 0 Å². The van der Waals surface area contributed by atoms with Gasteiger partial charge in [-0.1, -0.05) is 18.9 Å². The van der Waals surface area contributed by atoms with Gasteiger partial charge < -0.3 is 10.6 Å². The average Bonchev–Trinajstić information content (AvgIpc) is 3.28. The van der Waals surface area contributed by atoms with Crippen LogP contribution in [0.3, 0.4) is 0 Å². The van der Waals surface area contributed by atoms with Gasteiger partial charge in [-0.25, -0.2) is 8.78 Å². The molecule has 0 aromatic heterocycles. The molecule has 0 heterocycles. The van der Waals surface area contributed by atoms with E-state index in [2.05, 4.69) is 10.6 Å². The minimum absolute atomic E-state index is 0.0312. The minimum atomic E-state index is -1.89. The molecule has 2 N–H and O–H groups in total. The highest BCUT2D eigenvalue weighted by atomic mass is 32.2. The van der Waals surface area contributed by atoms with Crippen LogP contribution in [0.1, 0.15) is 32.6 Å². The standard InChI is InChI=1S/C24H27F2N3O4S/c1-16(24(32)28-19-6-2-3-7-19)29(21-8-4-5-18(26)13-21)23(31)15-34(33)14-22(30)27-20-11-9-17(25)10-12-20/h4-5,8-13,16,19H,2-3,6-7,14-15H2,1H3,(H,27,30)(H,28,32)/t16-,34+/m0/s1. The van der Waals surface area contributed by atoms with Gasteiger partial charge in [-0.05, 0) is 62.2 Å². The molecule has 0 aliphatic heterocycles. The maximum absolute atomic E-state index is 13.9. The van der Waals surface area contributed by atoms with Crippen molar-refractivity contribution in [2.24, 2.45) is 0 Å². The summed E-state index contributed by atoms with van der Waals surface area (Å²) in [5, 5.41) is 5.41. The highest BCUT2D eigenvalue weighted by molar-refractivity contribution is 7.86. The zero-order chi connectivity index (χ0) is 24.7. The molecule has 2 aromatic rings. The van der Waals surface area contributed by atoms with Gasteiger partial charge in [0, 0.05) is 28.2 Å². The molecule has 0 bridgehead atoms. The molecular weight excluding hydrogens is 464 g/mol. The van der Waals surface area contributed by atoms with Crippen molar-refractivity contribution in [2.45, 2.75) is 44.7 Å². The van der Waals surface area contributed by atoms with Crippen molar-refractivity contribution in [1.82, 2.24) is 5.32 Å². The fourth-order valence-corrected chi connectivity index (χ4v) is 4.73. The Hall–Kier alpha value is -3.14.